The Hall–Kier alpha value is -2.57. The van der Waals surface area contributed by atoms with E-state index in [2.05, 4.69) is 10.3 Å². The number of carbonyl (C=O) groups excluding carboxylic acids is 2. The molecule has 0 aromatic carbocycles. The second-order valence-electron chi connectivity index (χ2n) is 6.41. The molecule has 0 bridgehead atoms. The monoisotopic (exact) mass is 330 g/mol. The van der Waals surface area contributed by atoms with Gasteiger partial charge >= 0.3 is 0 Å². The van der Waals surface area contributed by atoms with Gasteiger partial charge in [-0.15, -0.1) is 0 Å². The zero-order valence-electron chi connectivity index (χ0n) is 14.4. The molecule has 1 aliphatic rings. The Labute approximate surface area is 140 Å². The lowest BCUT2D eigenvalue weighted by Gasteiger charge is -2.33. The molecule has 0 aliphatic carbocycles. The van der Waals surface area contributed by atoms with Gasteiger partial charge in [-0.3, -0.25) is 9.59 Å². The highest BCUT2D eigenvalue weighted by molar-refractivity contribution is 5.93. The number of hydrogen-bond acceptors (Lipinski definition) is 4. The SMILES string of the molecule is Cc1ccoc1C(=O)N1CCn2cc(C(=O)NC(C)C)nc2C1C. The molecule has 3 heterocycles. The molecule has 0 saturated heterocycles. The van der Waals surface area contributed by atoms with Crippen molar-refractivity contribution in [3.63, 3.8) is 0 Å². The normalized spacial score (nSPS) is 17.0. The van der Waals surface area contributed by atoms with Gasteiger partial charge in [-0.2, -0.15) is 0 Å². The zero-order valence-corrected chi connectivity index (χ0v) is 14.4. The van der Waals surface area contributed by atoms with Crippen LogP contribution in [0.25, 0.3) is 0 Å². The van der Waals surface area contributed by atoms with E-state index in [1.54, 1.807) is 17.2 Å². The third-order valence-corrected chi connectivity index (χ3v) is 4.20. The van der Waals surface area contributed by atoms with Crippen molar-refractivity contribution in [2.24, 2.45) is 0 Å². The summed E-state index contributed by atoms with van der Waals surface area (Å²) in [7, 11) is 0. The molecule has 1 aliphatic heterocycles. The van der Waals surface area contributed by atoms with E-state index in [1.807, 2.05) is 32.3 Å². The van der Waals surface area contributed by atoms with Gasteiger partial charge in [0.15, 0.2) is 5.76 Å². The van der Waals surface area contributed by atoms with Crippen LogP contribution in [0.15, 0.2) is 22.9 Å². The average Bonchev–Trinajstić information content (AvgIpc) is 3.13. The van der Waals surface area contributed by atoms with E-state index in [9.17, 15) is 9.59 Å². The lowest BCUT2D eigenvalue weighted by molar-refractivity contribution is 0.0604. The van der Waals surface area contributed by atoms with Crippen LogP contribution in [0.3, 0.4) is 0 Å². The van der Waals surface area contributed by atoms with Gasteiger partial charge in [0.25, 0.3) is 11.8 Å². The summed E-state index contributed by atoms with van der Waals surface area (Å²) in [6.45, 7) is 8.73. The summed E-state index contributed by atoms with van der Waals surface area (Å²) in [6.07, 6.45) is 3.27. The Kier molecular flexibility index (Phi) is 4.17. The minimum atomic E-state index is -0.226. The van der Waals surface area contributed by atoms with Gasteiger partial charge in [-0.05, 0) is 33.8 Å². The molecule has 24 heavy (non-hydrogen) atoms. The molecule has 1 N–H and O–H groups in total. The topological polar surface area (TPSA) is 80.4 Å². The van der Waals surface area contributed by atoms with E-state index >= 15 is 0 Å². The van der Waals surface area contributed by atoms with Gasteiger partial charge in [0.05, 0.1) is 12.3 Å². The second-order valence-corrected chi connectivity index (χ2v) is 6.41. The third kappa shape index (κ3) is 2.81. The first-order chi connectivity index (χ1) is 11.4. The lowest BCUT2D eigenvalue weighted by atomic mass is 10.1. The molecule has 0 spiro atoms. The fraction of sp³-hybridized carbons (Fsp3) is 0.471. The number of aryl methyl sites for hydroxylation is 1. The van der Waals surface area contributed by atoms with Crippen molar-refractivity contribution < 1.29 is 14.0 Å². The Bertz CT molecular complexity index is 775. The van der Waals surface area contributed by atoms with Crippen LogP contribution in [0.2, 0.25) is 0 Å². The molecular weight excluding hydrogens is 308 g/mol. The highest BCUT2D eigenvalue weighted by atomic mass is 16.3. The molecule has 1 atom stereocenters. The van der Waals surface area contributed by atoms with Crippen LogP contribution in [0.1, 0.15) is 59.2 Å². The predicted octanol–water partition coefficient (Wildman–Crippen LogP) is 2.14. The average molecular weight is 330 g/mol. The molecule has 2 aromatic heterocycles. The first-order valence-electron chi connectivity index (χ1n) is 8.11. The number of aromatic nitrogens is 2. The molecule has 3 rings (SSSR count). The smallest absolute Gasteiger partial charge is 0.290 e. The number of amides is 2. The van der Waals surface area contributed by atoms with E-state index in [1.165, 1.54) is 6.26 Å². The van der Waals surface area contributed by atoms with Gasteiger partial charge < -0.3 is 19.2 Å². The zero-order chi connectivity index (χ0) is 17.4. The maximum atomic E-state index is 12.7. The number of hydrogen-bond donors (Lipinski definition) is 1. The van der Waals surface area contributed by atoms with Crippen molar-refractivity contribution in [2.45, 2.75) is 46.3 Å². The third-order valence-electron chi connectivity index (χ3n) is 4.20. The molecule has 7 nitrogen and oxygen atoms in total. The van der Waals surface area contributed by atoms with Gasteiger partial charge in [0.2, 0.25) is 0 Å². The fourth-order valence-electron chi connectivity index (χ4n) is 2.94. The molecule has 7 heteroatoms. The maximum Gasteiger partial charge on any atom is 0.290 e. The first kappa shape index (κ1) is 16.3. The Balaban J connectivity index is 1.84. The van der Waals surface area contributed by atoms with E-state index in [0.29, 0.717) is 30.4 Å². The minimum absolute atomic E-state index is 0.0497. The molecule has 0 fully saturated rings. The summed E-state index contributed by atoms with van der Waals surface area (Å²) in [6, 6.07) is 1.60. The molecule has 0 saturated carbocycles. The maximum absolute atomic E-state index is 12.7. The summed E-state index contributed by atoms with van der Waals surface area (Å²) in [5, 5.41) is 2.84. The predicted molar refractivity (Wildman–Crippen MR) is 87.7 cm³/mol. The Morgan fingerprint density at radius 1 is 1.38 bits per heavy atom. The van der Waals surface area contributed by atoms with Gasteiger partial charge in [0.1, 0.15) is 11.5 Å². The molecule has 0 radical (unpaired) electrons. The van der Waals surface area contributed by atoms with Crippen LogP contribution in [-0.2, 0) is 6.54 Å². The number of carbonyl (C=O) groups is 2. The number of fused-ring (bicyclic) bond motifs is 1. The van der Waals surface area contributed by atoms with E-state index < -0.39 is 0 Å². The number of rotatable bonds is 3. The van der Waals surface area contributed by atoms with E-state index in [-0.39, 0.29) is 23.9 Å². The summed E-state index contributed by atoms with van der Waals surface area (Å²) < 4.78 is 7.26. The highest BCUT2D eigenvalue weighted by Gasteiger charge is 2.32. The van der Waals surface area contributed by atoms with Gasteiger partial charge in [0, 0.05) is 30.9 Å². The second kappa shape index (κ2) is 6.14. The van der Waals surface area contributed by atoms with Crippen molar-refractivity contribution in [1.82, 2.24) is 19.8 Å². The summed E-state index contributed by atoms with van der Waals surface area (Å²) in [4.78, 5) is 31.0. The van der Waals surface area contributed by atoms with Crippen LogP contribution < -0.4 is 5.32 Å². The molecule has 1 unspecified atom stereocenters. The number of nitrogens with one attached hydrogen (secondary N) is 1. The minimum Gasteiger partial charge on any atom is -0.459 e. The quantitative estimate of drug-likeness (QED) is 0.935. The van der Waals surface area contributed by atoms with Crippen molar-refractivity contribution in [3.05, 3.63) is 41.4 Å². The lowest BCUT2D eigenvalue weighted by Crippen LogP contribution is -2.41. The molecule has 2 amide bonds. The van der Waals surface area contributed by atoms with Gasteiger partial charge in [-0.1, -0.05) is 0 Å². The summed E-state index contributed by atoms with van der Waals surface area (Å²) >= 11 is 0. The van der Waals surface area contributed by atoms with Crippen molar-refractivity contribution in [3.8, 4) is 0 Å². The van der Waals surface area contributed by atoms with Crippen LogP contribution >= 0.6 is 0 Å². The summed E-state index contributed by atoms with van der Waals surface area (Å²) in [5.74, 6) is 0.735. The van der Waals surface area contributed by atoms with Crippen molar-refractivity contribution >= 4 is 11.8 Å². The van der Waals surface area contributed by atoms with E-state index in [4.69, 9.17) is 4.42 Å². The molecule has 2 aromatic rings. The number of furan rings is 1. The van der Waals surface area contributed by atoms with Crippen LogP contribution in [0.5, 0.6) is 0 Å². The number of nitrogens with zero attached hydrogens (tertiary/aromatic N) is 3. The highest BCUT2D eigenvalue weighted by Crippen LogP contribution is 2.27. The van der Waals surface area contributed by atoms with Crippen molar-refractivity contribution in [2.75, 3.05) is 6.54 Å². The molecule has 128 valence electrons. The molecular formula is C17H22N4O3. The van der Waals surface area contributed by atoms with Gasteiger partial charge in [-0.25, -0.2) is 4.98 Å². The van der Waals surface area contributed by atoms with Crippen LogP contribution in [-0.4, -0.2) is 38.9 Å². The van der Waals surface area contributed by atoms with Crippen LogP contribution in [0, 0.1) is 6.92 Å². The Morgan fingerprint density at radius 2 is 2.12 bits per heavy atom. The summed E-state index contributed by atoms with van der Waals surface area (Å²) in [5.41, 5.74) is 1.20. The Morgan fingerprint density at radius 3 is 2.75 bits per heavy atom. The number of imidazole rings is 1. The van der Waals surface area contributed by atoms with Crippen LogP contribution in [0.4, 0.5) is 0 Å². The van der Waals surface area contributed by atoms with E-state index in [0.717, 1.165) is 5.56 Å². The van der Waals surface area contributed by atoms with Crippen molar-refractivity contribution in [1.29, 1.82) is 0 Å². The fourth-order valence-corrected chi connectivity index (χ4v) is 2.94. The standard InChI is InChI=1S/C17H22N4O3/c1-10(2)18-16(22)13-9-20-6-7-21(12(4)15(20)19-13)17(23)14-11(3)5-8-24-14/h5,8-10,12H,6-7H2,1-4H3,(H,18,22). The largest absolute Gasteiger partial charge is 0.459 e. The first-order valence-corrected chi connectivity index (χ1v) is 8.11.